The number of ether oxygens (including phenoxy) is 4. The standard InChI is InChI=1S/C20H29NO6/c1-14-11-16(26-15-9-7-6-8-10-15)12-24-13-17(18(22)25-14)21(5)19(23)27-20(2,3)4/h6-10,14,16-17H,11-13H2,1-5H3/t14?,16?,17-/m0/s1. The van der Waals surface area contributed by atoms with Crippen LogP contribution in [0.4, 0.5) is 4.79 Å². The summed E-state index contributed by atoms with van der Waals surface area (Å²) in [5.74, 6) is 0.211. The smallest absolute Gasteiger partial charge is 0.410 e. The van der Waals surface area contributed by atoms with E-state index < -0.39 is 23.7 Å². The third-order valence-electron chi connectivity index (χ3n) is 3.96. The molecule has 150 valence electrons. The first-order valence-electron chi connectivity index (χ1n) is 9.11. The highest BCUT2D eigenvalue weighted by Gasteiger charge is 2.34. The Morgan fingerprint density at radius 1 is 1.19 bits per heavy atom. The van der Waals surface area contributed by atoms with Gasteiger partial charge in [-0.1, -0.05) is 18.2 Å². The molecule has 1 aromatic carbocycles. The molecule has 1 heterocycles. The Morgan fingerprint density at radius 3 is 2.48 bits per heavy atom. The first kappa shape index (κ1) is 21.0. The largest absolute Gasteiger partial charge is 0.488 e. The van der Waals surface area contributed by atoms with E-state index in [4.69, 9.17) is 18.9 Å². The van der Waals surface area contributed by atoms with Gasteiger partial charge >= 0.3 is 12.1 Å². The van der Waals surface area contributed by atoms with Crippen molar-refractivity contribution in [2.75, 3.05) is 20.3 Å². The van der Waals surface area contributed by atoms with Crippen molar-refractivity contribution in [3.05, 3.63) is 30.3 Å². The van der Waals surface area contributed by atoms with Crippen LogP contribution in [0, 0.1) is 0 Å². The molecule has 0 aliphatic carbocycles. The van der Waals surface area contributed by atoms with Crippen molar-refractivity contribution in [3.63, 3.8) is 0 Å². The summed E-state index contributed by atoms with van der Waals surface area (Å²) in [5, 5.41) is 0. The van der Waals surface area contributed by atoms with Crippen molar-refractivity contribution in [2.24, 2.45) is 0 Å². The van der Waals surface area contributed by atoms with Crippen molar-refractivity contribution in [1.82, 2.24) is 4.90 Å². The lowest BCUT2D eigenvalue weighted by Gasteiger charge is -2.29. The molecule has 0 saturated carbocycles. The number of carbonyl (C=O) groups excluding carboxylic acids is 2. The summed E-state index contributed by atoms with van der Waals surface area (Å²) in [4.78, 5) is 26.0. The highest BCUT2D eigenvalue weighted by molar-refractivity contribution is 5.81. The average Bonchev–Trinajstić information content (AvgIpc) is 2.62. The average molecular weight is 379 g/mol. The fourth-order valence-corrected chi connectivity index (χ4v) is 2.65. The highest BCUT2D eigenvalue weighted by atomic mass is 16.6. The fraction of sp³-hybridized carbons (Fsp3) is 0.600. The summed E-state index contributed by atoms with van der Waals surface area (Å²) in [6, 6.07) is 8.54. The number of carbonyl (C=O) groups is 2. The Bertz CT molecular complexity index is 627. The zero-order valence-corrected chi connectivity index (χ0v) is 16.6. The molecule has 1 fully saturated rings. The Morgan fingerprint density at radius 2 is 1.85 bits per heavy atom. The van der Waals surface area contributed by atoms with Crippen LogP contribution in [0.25, 0.3) is 0 Å². The maximum atomic E-state index is 12.5. The lowest BCUT2D eigenvalue weighted by molar-refractivity contribution is -0.155. The fourth-order valence-electron chi connectivity index (χ4n) is 2.65. The van der Waals surface area contributed by atoms with Gasteiger partial charge in [-0.3, -0.25) is 4.90 Å². The SMILES string of the molecule is CC1CC(Oc2ccccc2)COC[C@H](N(C)C(=O)OC(C)(C)C)C(=O)O1. The third kappa shape index (κ3) is 6.75. The second kappa shape index (κ2) is 9.08. The van der Waals surface area contributed by atoms with Crippen LogP contribution in [0.3, 0.4) is 0 Å². The van der Waals surface area contributed by atoms with Crippen LogP contribution in [-0.2, 0) is 19.0 Å². The summed E-state index contributed by atoms with van der Waals surface area (Å²) >= 11 is 0. The number of cyclic esters (lactones) is 1. The maximum Gasteiger partial charge on any atom is 0.410 e. The van der Waals surface area contributed by atoms with Crippen molar-refractivity contribution < 1.29 is 28.5 Å². The minimum absolute atomic E-state index is 0.00987. The first-order chi connectivity index (χ1) is 12.7. The summed E-state index contributed by atoms with van der Waals surface area (Å²) in [6.45, 7) is 7.40. The molecule has 1 aliphatic heterocycles. The van der Waals surface area contributed by atoms with E-state index in [2.05, 4.69) is 0 Å². The minimum Gasteiger partial charge on any atom is -0.488 e. The molecule has 0 N–H and O–H groups in total. The zero-order valence-electron chi connectivity index (χ0n) is 16.6. The van der Waals surface area contributed by atoms with Crippen LogP contribution in [0.1, 0.15) is 34.1 Å². The lowest BCUT2D eigenvalue weighted by atomic mass is 10.2. The third-order valence-corrected chi connectivity index (χ3v) is 3.96. The van der Waals surface area contributed by atoms with Gasteiger partial charge in [0.25, 0.3) is 0 Å². The number of hydrogen-bond donors (Lipinski definition) is 0. The monoisotopic (exact) mass is 379 g/mol. The van der Waals surface area contributed by atoms with Crippen molar-refractivity contribution in [3.8, 4) is 5.75 Å². The summed E-state index contributed by atoms with van der Waals surface area (Å²) in [5.41, 5.74) is -0.656. The normalized spacial score (nSPS) is 24.0. The number of likely N-dealkylation sites (N-methyl/N-ethyl adjacent to an activating group) is 1. The van der Waals surface area contributed by atoms with E-state index >= 15 is 0 Å². The van der Waals surface area contributed by atoms with Crippen LogP contribution in [0.5, 0.6) is 5.75 Å². The molecule has 0 aromatic heterocycles. The molecule has 1 aromatic rings. The quantitative estimate of drug-likeness (QED) is 0.752. The van der Waals surface area contributed by atoms with Crippen molar-refractivity contribution in [1.29, 1.82) is 0 Å². The van der Waals surface area contributed by atoms with Gasteiger partial charge in [-0.2, -0.15) is 0 Å². The number of para-hydroxylation sites is 1. The number of nitrogens with zero attached hydrogens (tertiary/aromatic N) is 1. The molecule has 7 nitrogen and oxygen atoms in total. The number of esters is 1. The van der Waals surface area contributed by atoms with Crippen LogP contribution < -0.4 is 4.74 Å². The van der Waals surface area contributed by atoms with E-state index in [9.17, 15) is 9.59 Å². The second-order valence-electron chi connectivity index (χ2n) is 7.68. The Labute approximate surface area is 160 Å². The first-order valence-corrected chi connectivity index (χ1v) is 9.11. The number of amides is 1. The molecule has 27 heavy (non-hydrogen) atoms. The van der Waals surface area contributed by atoms with Crippen LogP contribution in [0.15, 0.2) is 30.3 Å². The van der Waals surface area contributed by atoms with E-state index in [-0.39, 0.29) is 25.4 Å². The molecule has 7 heteroatoms. The van der Waals surface area contributed by atoms with Crippen molar-refractivity contribution in [2.45, 2.75) is 58.0 Å². The Hall–Kier alpha value is -2.28. The van der Waals surface area contributed by atoms with Gasteiger partial charge in [-0.15, -0.1) is 0 Å². The predicted molar refractivity (Wildman–Crippen MR) is 99.6 cm³/mol. The molecule has 1 saturated heterocycles. The molecule has 2 rings (SSSR count). The Kier molecular flexibility index (Phi) is 7.07. The number of benzene rings is 1. The van der Waals surface area contributed by atoms with Gasteiger partial charge in [0.1, 0.15) is 23.6 Å². The Balaban J connectivity index is 2.03. The molecule has 0 spiro atoms. The van der Waals surface area contributed by atoms with Gasteiger partial charge in [-0.05, 0) is 39.8 Å². The minimum atomic E-state index is -0.877. The molecular weight excluding hydrogens is 350 g/mol. The van der Waals surface area contributed by atoms with Gasteiger partial charge in [0.2, 0.25) is 0 Å². The van der Waals surface area contributed by atoms with Crippen molar-refractivity contribution >= 4 is 12.1 Å². The van der Waals surface area contributed by atoms with Crippen LogP contribution in [0.2, 0.25) is 0 Å². The summed E-state index contributed by atoms with van der Waals surface area (Å²) in [7, 11) is 1.50. The molecular formula is C20H29NO6. The van der Waals surface area contributed by atoms with Crippen LogP contribution in [-0.4, -0.2) is 61.1 Å². The topological polar surface area (TPSA) is 74.3 Å². The summed E-state index contributed by atoms with van der Waals surface area (Å²) < 4.78 is 22.5. The van der Waals surface area contributed by atoms with Crippen LogP contribution >= 0.6 is 0 Å². The van der Waals surface area contributed by atoms with E-state index in [1.54, 1.807) is 27.7 Å². The molecule has 1 aliphatic rings. The van der Waals surface area contributed by atoms with E-state index in [1.807, 2.05) is 30.3 Å². The van der Waals surface area contributed by atoms with Gasteiger partial charge in [0.05, 0.1) is 13.2 Å². The van der Waals surface area contributed by atoms with E-state index in [0.717, 1.165) is 5.75 Å². The second-order valence-corrected chi connectivity index (χ2v) is 7.68. The maximum absolute atomic E-state index is 12.5. The molecule has 0 radical (unpaired) electrons. The van der Waals surface area contributed by atoms with Gasteiger partial charge in [0.15, 0.2) is 6.04 Å². The number of rotatable bonds is 3. The van der Waals surface area contributed by atoms with Gasteiger partial charge < -0.3 is 18.9 Å². The molecule has 0 bridgehead atoms. The zero-order chi connectivity index (χ0) is 20.0. The molecule has 3 atom stereocenters. The van der Waals surface area contributed by atoms with Gasteiger partial charge in [-0.25, -0.2) is 9.59 Å². The molecule has 1 amide bonds. The summed E-state index contributed by atoms with van der Waals surface area (Å²) in [6.07, 6.45) is -0.746. The lowest BCUT2D eigenvalue weighted by Crippen LogP contribution is -2.48. The predicted octanol–water partition coefficient (Wildman–Crippen LogP) is 3.02. The van der Waals surface area contributed by atoms with E-state index in [1.165, 1.54) is 11.9 Å². The molecule has 2 unspecified atom stereocenters. The van der Waals surface area contributed by atoms with Gasteiger partial charge in [0, 0.05) is 13.5 Å². The number of hydrogen-bond acceptors (Lipinski definition) is 6. The highest BCUT2D eigenvalue weighted by Crippen LogP contribution is 2.18. The van der Waals surface area contributed by atoms with E-state index in [0.29, 0.717) is 6.42 Å².